The third kappa shape index (κ3) is 3.63. The van der Waals surface area contributed by atoms with Crippen molar-refractivity contribution < 1.29 is 19.1 Å². The highest BCUT2D eigenvalue weighted by Gasteiger charge is 2.48. The maximum atomic E-state index is 12.9. The molecule has 2 aromatic carbocycles. The Balaban J connectivity index is 1.38. The molecule has 0 aromatic heterocycles. The SMILES string of the molecule is CCN1C(=O)[C@H]2CN(C(=O)[C@H](C)Oc3ccc(-c4ccccc4)cc3)CCN2C1=O. The Morgan fingerprint density at radius 1 is 1.03 bits per heavy atom. The van der Waals surface area contributed by atoms with E-state index in [4.69, 9.17) is 4.74 Å². The zero-order chi connectivity index (χ0) is 21.3. The zero-order valence-corrected chi connectivity index (χ0v) is 17.2. The molecule has 2 heterocycles. The van der Waals surface area contributed by atoms with Crippen LogP contribution >= 0.6 is 0 Å². The summed E-state index contributed by atoms with van der Waals surface area (Å²) in [5.74, 6) is 0.195. The molecule has 2 aromatic rings. The number of likely N-dealkylation sites (N-methyl/N-ethyl adjacent to an activating group) is 1. The number of hydrogen-bond donors (Lipinski definition) is 0. The predicted octanol–water partition coefficient (Wildman–Crippen LogP) is 2.62. The minimum Gasteiger partial charge on any atom is -0.481 e. The summed E-state index contributed by atoms with van der Waals surface area (Å²) >= 11 is 0. The standard InChI is InChI=1S/C23H25N3O4/c1-3-25-22(28)20-15-24(13-14-26(20)23(25)29)21(27)16(2)30-19-11-9-18(10-12-19)17-7-5-4-6-8-17/h4-12,16,20H,3,13-15H2,1-2H3/t16-,20+/m0/s1. The highest BCUT2D eigenvalue weighted by molar-refractivity contribution is 6.04. The number of benzene rings is 2. The summed E-state index contributed by atoms with van der Waals surface area (Å²) in [7, 11) is 0. The van der Waals surface area contributed by atoms with Gasteiger partial charge in [-0.15, -0.1) is 0 Å². The first-order valence-corrected chi connectivity index (χ1v) is 10.2. The Kier molecular flexibility index (Phi) is 5.44. The molecule has 0 aliphatic carbocycles. The number of urea groups is 1. The molecule has 0 unspecified atom stereocenters. The van der Waals surface area contributed by atoms with Gasteiger partial charge >= 0.3 is 6.03 Å². The van der Waals surface area contributed by atoms with E-state index in [0.29, 0.717) is 25.4 Å². The van der Waals surface area contributed by atoms with E-state index in [0.717, 1.165) is 11.1 Å². The second kappa shape index (κ2) is 8.18. The molecule has 156 valence electrons. The highest BCUT2D eigenvalue weighted by Crippen LogP contribution is 2.24. The first-order chi connectivity index (χ1) is 14.5. The van der Waals surface area contributed by atoms with Gasteiger partial charge in [-0.2, -0.15) is 0 Å². The van der Waals surface area contributed by atoms with Crippen LogP contribution in [-0.4, -0.2) is 70.9 Å². The van der Waals surface area contributed by atoms with Crippen LogP contribution in [-0.2, 0) is 9.59 Å². The van der Waals surface area contributed by atoms with Gasteiger partial charge in [0.1, 0.15) is 11.8 Å². The second-order valence-corrected chi connectivity index (χ2v) is 7.51. The van der Waals surface area contributed by atoms with E-state index < -0.39 is 12.1 Å². The summed E-state index contributed by atoms with van der Waals surface area (Å²) < 4.78 is 5.85. The normalized spacial score (nSPS) is 19.7. The smallest absolute Gasteiger partial charge is 0.327 e. The molecule has 2 aliphatic rings. The summed E-state index contributed by atoms with van der Waals surface area (Å²) in [6, 6.07) is 16.8. The molecule has 2 atom stereocenters. The fraction of sp³-hybridized carbons (Fsp3) is 0.348. The third-order valence-electron chi connectivity index (χ3n) is 5.66. The number of rotatable bonds is 5. The maximum absolute atomic E-state index is 12.9. The Labute approximate surface area is 175 Å². The van der Waals surface area contributed by atoms with Crippen LogP contribution in [0.15, 0.2) is 54.6 Å². The van der Waals surface area contributed by atoms with Crippen molar-refractivity contribution in [1.82, 2.24) is 14.7 Å². The van der Waals surface area contributed by atoms with E-state index in [9.17, 15) is 14.4 Å². The van der Waals surface area contributed by atoms with Crippen molar-refractivity contribution in [2.45, 2.75) is 26.0 Å². The highest BCUT2D eigenvalue weighted by atomic mass is 16.5. The van der Waals surface area contributed by atoms with E-state index in [1.807, 2.05) is 54.6 Å². The van der Waals surface area contributed by atoms with Crippen molar-refractivity contribution in [2.75, 3.05) is 26.2 Å². The number of fused-ring (bicyclic) bond motifs is 1. The molecular weight excluding hydrogens is 382 g/mol. The summed E-state index contributed by atoms with van der Waals surface area (Å²) in [6.45, 7) is 4.79. The van der Waals surface area contributed by atoms with Gasteiger partial charge in [-0.3, -0.25) is 14.5 Å². The van der Waals surface area contributed by atoms with Crippen molar-refractivity contribution in [3.05, 3.63) is 54.6 Å². The average molecular weight is 407 g/mol. The molecule has 0 radical (unpaired) electrons. The molecule has 0 spiro atoms. The van der Waals surface area contributed by atoms with Gasteiger partial charge in [0, 0.05) is 19.6 Å². The van der Waals surface area contributed by atoms with E-state index in [1.165, 1.54) is 4.90 Å². The van der Waals surface area contributed by atoms with Gasteiger partial charge in [0.15, 0.2) is 6.10 Å². The fourth-order valence-electron chi connectivity index (χ4n) is 4.01. The molecule has 2 saturated heterocycles. The van der Waals surface area contributed by atoms with Gasteiger partial charge in [0.25, 0.3) is 11.8 Å². The van der Waals surface area contributed by atoms with E-state index in [1.54, 1.807) is 23.6 Å². The van der Waals surface area contributed by atoms with Crippen LogP contribution in [0.3, 0.4) is 0 Å². The summed E-state index contributed by atoms with van der Waals surface area (Å²) in [6.07, 6.45) is -0.686. The average Bonchev–Trinajstić information content (AvgIpc) is 3.03. The molecule has 4 rings (SSSR count). The van der Waals surface area contributed by atoms with Crippen LogP contribution in [0.4, 0.5) is 4.79 Å². The van der Waals surface area contributed by atoms with Gasteiger partial charge in [0.2, 0.25) is 0 Å². The van der Waals surface area contributed by atoms with Gasteiger partial charge in [0.05, 0.1) is 6.54 Å². The Bertz CT molecular complexity index is 945. The molecule has 0 saturated carbocycles. The van der Waals surface area contributed by atoms with Gasteiger partial charge in [-0.25, -0.2) is 4.79 Å². The van der Waals surface area contributed by atoms with E-state index in [2.05, 4.69) is 0 Å². The van der Waals surface area contributed by atoms with Crippen LogP contribution in [0.5, 0.6) is 5.75 Å². The summed E-state index contributed by atoms with van der Waals surface area (Å²) in [4.78, 5) is 42.0. The third-order valence-corrected chi connectivity index (χ3v) is 5.66. The molecule has 30 heavy (non-hydrogen) atoms. The van der Waals surface area contributed by atoms with Gasteiger partial charge < -0.3 is 14.5 Å². The summed E-state index contributed by atoms with van der Waals surface area (Å²) in [5, 5.41) is 0. The number of amides is 4. The molecule has 0 N–H and O–H groups in total. The number of ether oxygens (including phenoxy) is 1. The molecule has 2 fully saturated rings. The van der Waals surface area contributed by atoms with Crippen molar-refractivity contribution in [3.8, 4) is 16.9 Å². The van der Waals surface area contributed by atoms with Gasteiger partial charge in [-0.05, 0) is 37.1 Å². The number of piperazine rings is 1. The summed E-state index contributed by atoms with van der Waals surface area (Å²) in [5.41, 5.74) is 2.19. The lowest BCUT2D eigenvalue weighted by atomic mass is 10.1. The Morgan fingerprint density at radius 3 is 2.37 bits per heavy atom. The van der Waals surface area contributed by atoms with Crippen molar-refractivity contribution >= 4 is 17.8 Å². The minimum atomic E-state index is -0.686. The molecule has 4 amide bonds. The first-order valence-electron chi connectivity index (χ1n) is 10.2. The van der Waals surface area contributed by atoms with Crippen LogP contribution in [0.1, 0.15) is 13.8 Å². The number of imide groups is 1. The van der Waals surface area contributed by atoms with Crippen molar-refractivity contribution in [1.29, 1.82) is 0 Å². The Morgan fingerprint density at radius 2 is 1.70 bits per heavy atom. The largest absolute Gasteiger partial charge is 0.481 e. The first kappa shape index (κ1) is 19.9. The molecular formula is C23H25N3O4. The van der Waals surface area contributed by atoms with Crippen molar-refractivity contribution in [3.63, 3.8) is 0 Å². The van der Waals surface area contributed by atoms with Crippen LogP contribution in [0, 0.1) is 0 Å². The molecule has 7 heteroatoms. The van der Waals surface area contributed by atoms with Gasteiger partial charge in [-0.1, -0.05) is 42.5 Å². The van der Waals surface area contributed by atoms with E-state index in [-0.39, 0.29) is 24.4 Å². The lowest BCUT2D eigenvalue weighted by molar-refractivity contribution is -0.141. The van der Waals surface area contributed by atoms with Crippen LogP contribution < -0.4 is 4.74 Å². The maximum Gasteiger partial charge on any atom is 0.327 e. The number of hydrogen-bond acceptors (Lipinski definition) is 4. The quantitative estimate of drug-likeness (QED) is 0.715. The van der Waals surface area contributed by atoms with Crippen LogP contribution in [0.25, 0.3) is 11.1 Å². The monoisotopic (exact) mass is 407 g/mol. The molecule has 0 bridgehead atoms. The zero-order valence-electron chi connectivity index (χ0n) is 17.2. The lowest BCUT2D eigenvalue weighted by Gasteiger charge is -2.36. The topological polar surface area (TPSA) is 70.2 Å². The number of carbonyl (C=O) groups is 3. The fourth-order valence-corrected chi connectivity index (χ4v) is 4.01. The molecule has 2 aliphatic heterocycles. The Hall–Kier alpha value is -3.35. The second-order valence-electron chi connectivity index (χ2n) is 7.51. The lowest BCUT2D eigenvalue weighted by Crippen LogP contribution is -2.56. The number of nitrogens with zero attached hydrogens (tertiary/aromatic N) is 3. The number of carbonyl (C=O) groups excluding carboxylic acids is 3. The molecule has 7 nitrogen and oxygen atoms in total. The minimum absolute atomic E-state index is 0.183. The van der Waals surface area contributed by atoms with Crippen LogP contribution in [0.2, 0.25) is 0 Å². The van der Waals surface area contributed by atoms with E-state index >= 15 is 0 Å². The van der Waals surface area contributed by atoms with Crippen molar-refractivity contribution in [2.24, 2.45) is 0 Å². The predicted molar refractivity (Wildman–Crippen MR) is 112 cm³/mol.